The fourth-order valence-electron chi connectivity index (χ4n) is 3.73. The second-order valence-electron chi connectivity index (χ2n) is 7.05. The topological polar surface area (TPSA) is 46.9 Å². The molecule has 4 nitrogen and oxygen atoms in total. The molecular formula is C22H22FN3O. The number of hydrogen-bond donors (Lipinski definition) is 1. The molecule has 5 heteroatoms. The van der Waals surface area contributed by atoms with Crippen molar-refractivity contribution in [2.75, 3.05) is 0 Å². The van der Waals surface area contributed by atoms with Crippen molar-refractivity contribution in [3.8, 4) is 0 Å². The van der Waals surface area contributed by atoms with Crippen LogP contribution in [0.1, 0.15) is 51.8 Å². The van der Waals surface area contributed by atoms with Crippen molar-refractivity contribution < 1.29 is 9.18 Å². The molecule has 0 fully saturated rings. The summed E-state index contributed by atoms with van der Waals surface area (Å²) in [5, 5.41) is 3.04. The summed E-state index contributed by atoms with van der Waals surface area (Å²) in [6.07, 6.45) is 7.95. The highest BCUT2D eigenvalue weighted by Gasteiger charge is 2.22. The van der Waals surface area contributed by atoms with E-state index >= 15 is 0 Å². The number of hydrogen-bond acceptors (Lipinski definition) is 2. The standard InChI is InChI=1S/C22H22FN3O/c1-26-12-11-24-21(26)20(17-7-4-8-19(23)14-17)25-22(27)18-10-9-15-5-2-3-6-16(15)13-18/h4,7-14,20H,2-3,5-6H2,1H3,(H,25,27)/t20-/m1/s1. The van der Waals surface area contributed by atoms with Crippen LogP contribution in [0.15, 0.2) is 54.9 Å². The number of halogens is 1. The number of benzene rings is 2. The van der Waals surface area contributed by atoms with Gasteiger partial charge in [0, 0.05) is 25.0 Å². The zero-order chi connectivity index (χ0) is 18.8. The molecule has 0 radical (unpaired) electrons. The van der Waals surface area contributed by atoms with Crippen LogP contribution >= 0.6 is 0 Å². The second-order valence-corrected chi connectivity index (χ2v) is 7.05. The molecule has 0 saturated heterocycles. The molecule has 3 aromatic rings. The number of aryl methyl sites for hydroxylation is 3. The molecule has 1 amide bonds. The van der Waals surface area contributed by atoms with Crippen molar-refractivity contribution in [2.45, 2.75) is 31.7 Å². The third-order valence-corrected chi connectivity index (χ3v) is 5.18. The third-order valence-electron chi connectivity index (χ3n) is 5.18. The fraction of sp³-hybridized carbons (Fsp3) is 0.273. The summed E-state index contributed by atoms with van der Waals surface area (Å²) in [7, 11) is 1.86. The van der Waals surface area contributed by atoms with E-state index in [0.717, 1.165) is 19.3 Å². The molecule has 2 aromatic carbocycles. The predicted octanol–water partition coefficient (Wildman–Crippen LogP) is 3.96. The number of carbonyl (C=O) groups excluding carboxylic acids is 1. The van der Waals surface area contributed by atoms with Crippen LogP contribution in [-0.4, -0.2) is 15.5 Å². The van der Waals surface area contributed by atoms with E-state index < -0.39 is 6.04 Å². The van der Waals surface area contributed by atoms with E-state index in [4.69, 9.17) is 0 Å². The molecule has 0 spiro atoms. The Bertz CT molecular complexity index is 979. The van der Waals surface area contributed by atoms with E-state index in [9.17, 15) is 9.18 Å². The van der Waals surface area contributed by atoms with Crippen LogP contribution in [0.5, 0.6) is 0 Å². The Hall–Kier alpha value is -2.95. The van der Waals surface area contributed by atoms with Gasteiger partial charge in [0.2, 0.25) is 0 Å². The zero-order valence-electron chi connectivity index (χ0n) is 15.3. The number of fused-ring (bicyclic) bond motifs is 1. The molecule has 1 atom stereocenters. The Morgan fingerprint density at radius 1 is 1.15 bits per heavy atom. The van der Waals surface area contributed by atoms with Gasteiger partial charge in [0.25, 0.3) is 5.91 Å². The Morgan fingerprint density at radius 2 is 1.96 bits per heavy atom. The van der Waals surface area contributed by atoms with E-state index in [1.165, 1.54) is 29.7 Å². The molecular weight excluding hydrogens is 341 g/mol. The lowest BCUT2D eigenvalue weighted by Crippen LogP contribution is -2.31. The average Bonchev–Trinajstić information content (AvgIpc) is 3.11. The maximum atomic E-state index is 13.8. The largest absolute Gasteiger partial charge is 0.338 e. The van der Waals surface area contributed by atoms with Crippen LogP contribution in [0, 0.1) is 5.82 Å². The van der Waals surface area contributed by atoms with Gasteiger partial charge in [-0.25, -0.2) is 9.37 Å². The number of nitrogens with zero attached hydrogens (tertiary/aromatic N) is 2. The first-order chi connectivity index (χ1) is 13.1. The molecule has 0 unspecified atom stereocenters. The van der Waals surface area contributed by atoms with Gasteiger partial charge in [-0.3, -0.25) is 4.79 Å². The van der Waals surface area contributed by atoms with Crippen LogP contribution in [0.2, 0.25) is 0 Å². The zero-order valence-corrected chi connectivity index (χ0v) is 15.3. The second kappa shape index (κ2) is 7.35. The van der Waals surface area contributed by atoms with Crippen molar-refractivity contribution in [1.29, 1.82) is 0 Å². The van der Waals surface area contributed by atoms with E-state index in [-0.39, 0.29) is 11.7 Å². The molecule has 1 aliphatic carbocycles. The highest BCUT2D eigenvalue weighted by atomic mass is 19.1. The van der Waals surface area contributed by atoms with Crippen molar-refractivity contribution in [3.05, 3.63) is 88.8 Å². The number of nitrogens with one attached hydrogen (secondary N) is 1. The van der Waals surface area contributed by atoms with Gasteiger partial charge in [0.15, 0.2) is 0 Å². The highest BCUT2D eigenvalue weighted by Crippen LogP contribution is 2.24. The van der Waals surface area contributed by atoms with Crippen molar-refractivity contribution in [1.82, 2.24) is 14.9 Å². The maximum Gasteiger partial charge on any atom is 0.252 e. The van der Waals surface area contributed by atoms with Gasteiger partial charge in [-0.15, -0.1) is 0 Å². The summed E-state index contributed by atoms with van der Waals surface area (Å²) in [4.78, 5) is 17.3. The lowest BCUT2D eigenvalue weighted by Gasteiger charge is -2.20. The van der Waals surface area contributed by atoms with Gasteiger partial charge in [-0.1, -0.05) is 18.2 Å². The molecule has 1 aromatic heterocycles. The first-order valence-corrected chi connectivity index (χ1v) is 9.27. The Morgan fingerprint density at radius 3 is 2.70 bits per heavy atom. The van der Waals surface area contributed by atoms with Crippen LogP contribution < -0.4 is 5.32 Å². The predicted molar refractivity (Wildman–Crippen MR) is 102 cm³/mol. The van der Waals surface area contributed by atoms with Crippen LogP contribution in [0.4, 0.5) is 4.39 Å². The normalized spacial score (nSPS) is 14.4. The van der Waals surface area contributed by atoms with Gasteiger partial charge < -0.3 is 9.88 Å². The molecule has 1 N–H and O–H groups in total. The summed E-state index contributed by atoms with van der Waals surface area (Å²) >= 11 is 0. The summed E-state index contributed by atoms with van der Waals surface area (Å²) in [5.41, 5.74) is 3.89. The number of rotatable bonds is 4. The number of aromatic nitrogens is 2. The summed E-state index contributed by atoms with van der Waals surface area (Å²) < 4.78 is 15.6. The number of imidazole rings is 1. The lowest BCUT2D eigenvalue weighted by atomic mass is 9.90. The van der Waals surface area contributed by atoms with Crippen LogP contribution in [-0.2, 0) is 19.9 Å². The smallest absolute Gasteiger partial charge is 0.252 e. The minimum Gasteiger partial charge on any atom is -0.338 e. The SMILES string of the molecule is Cn1ccnc1[C@H](NC(=O)c1ccc2c(c1)CCCC2)c1cccc(F)c1. The van der Waals surface area contributed by atoms with Crippen LogP contribution in [0.3, 0.4) is 0 Å². The van der Waals surface area contributed by atoms with Crippen molar-refractivity contribution in [3.63, 3.8) is 0 Å². The quantitative estimate of drug-likeness (QED) is 0.763. The first-order valence-electron chi connectivity index (χ1n) is 9.27. The number of carbonyl (C=O) groups is 1. The average molecular weight is 363 g/mol. The van der Waals surface area contributed by atoms with E-state index in [2.05, 4.69) is 16.4 Å². The number of amides is 1. The molecule has 4 rings (SSSR count). The molecule has 1 aliphatic rings. The monoisotopic (exact) mass is 363 g/mol. The van der Waals surface area contributed by atoms with Crippen molar-refractivity contribution >= 4 is 5.91 Å². The minimum absolute atomic E-state index is 0.180. The Labute approximate surface area is 158 Å². The Kier molecular flexibility index (Phi) is 4.75. The first kappa shape index (κ1) is 17.5. The summed E-state index contributed by atoms with van der Waals surface area (Å²) in [5.74, 6) is 0.141. The minimum atomic E-state index is -0.524. The molecule has 0 bridgehead atoms. The summed E-state index contributed by atoms with van der Waals surface area (Å²) in [6.45, 7) is 0. The van der Waals surface area contributed by atoms with Crippen molar-refractivity contribution in [2.24, 2.45) is 7.05 Å². The lowest BCUT2D eigenvalue weighted by molar-refractivity contribution is 0.0941. The van der Waals surface area contributed by atoms with E-state index in [1.807, 2.05) is 29.9 Å². The van der Waals surface area contributed by atoms with Gasteiger partial charge in [-0.2, -0.15) is 0 Å². The Balaban J connectivity index is 1.65. The van der Waals surface area contributed by atoms with Gasteiger partial charge in [0.1, 0.15) is 17.7 Å². The van der Waals surface area contributed by atoms with Gasteiger partial charge >= 0.3 is 0 Å². The van der Waals surface area contributed by atoms with Gasteiger partial charge in [-0.05, 0) is 66.6 Å². The molecule has 1 heterocycles. The third kappa shape index (κ3) is 3.63. The molecule has 138 valence electrons. The summed E-state index contributed by atoms with van der Waals surface area (Å²) in [6, 6.07) is 11.7. The van der Waals surface area contributed by atoms with Gasteiger partial charge in [0.05, 0.1) is 0 Å². The maximum absolute atomic E-state index is 13.8. The highest BCUT2D eigenvalue weighted by molar-refractivity contribution is 5.95. The van der Waals surface area contributed by atoms with E-state index in [0.29, 0.717) is 17.0 Å². The molecule has 27 heavy (non-hydrogen) atoms. The fourth-order valence-corrected chi connectivity index (χ4v) is 3.73. The van der Waals surface area contributed by atoms with E-state index in [1.54, 1.807) is 18.3 Å². The molecule has 0 saturated carbocycles. The molecule has 0 aliphatic heterocycles. The van der Waals surface area contributed by atoms with Crippen LogP contribution in [0.25, 0.3) is 0 Å².